The Kier molecular flexibility index (Phi) is 13.0. The number of carbonyl (C=O) groups is 3. The second kappa shape index (κ2) is 17.0. The summed E-state index contributed by atoms with van der Waals surface area (Å²) < 4.78 is 0. The molecular formula is C38H44Cl2N6O4. The van der Waals surface area contributed by atoms with Crippen molar-refractivity contribution in [1.29, 1.82) is 0 Å². The molecule has 1 aliphatic rings. The minimum Gasteiger partial charge on any atom is -0.384 e. The van der Waals surface area contributed by atoms with Gasteiger partial charge in [-0.25, -0.2) is 0 Å². The summed E-state index contributed by atoms with van der Waals surface area (Å²) in [5.41, 5.74) is 3.36. The van der Waals surface area contributed by atoms with E-state index in [0.29, 0.717) is 70.2 Å². The SMILES string of the molecule is CN(C)CCCNC(=O)c1ccc(NCCCN(C)CCCN2C(=O)c3cccc4cccc(c34)C2=O)c2c(=O)c3ccccc3[nH]c12.Cl.Cl. The third-order valence-corrected chi connectivity index (χ3v) is 8.99. The number of fused-ring (bicyclic) bond motifs is 2. The Bertz CT molecular complexity index is 2030. The summed E-state index contributed by atoms with van der Waals surface area (Å²) >= 11 is 0. The number of rotatable bonds is 14. The minimum atomic E-state index is -0.237. The third-order valence-electron chi connectivity index (χ3n) is 8.99. The van der Waals surface area contributed by atoms with E-state index in [9.17, 15) is 19.2 Å². The third kappa shape index (κ3) is 7.94. The van der Waals surface area contributed by atoms with Gasteiger partial charge < -0.3 is 25.4 Å². The molecule has 3 amide bonds. The lowest BCUT2D eigenvalue weighted by molar-refractivity contribution is 0.0604. The summed E-state index contributed by atoms with van der Waals surface area (Å²) in [6.45, 7) is 3.87. The Morgan fingerprint density at radius 1 is 0.740 bits per heavy atom. The van der Waals surface area contributed by atoms with Crippen LogP contribution >= 0.6 is 24.8 Å². The number of nitrogens with zero attached hydrogens (tertiary/aromatic N) is 3. The van der Waals surface area contributed by atoms with Crippen LogP contribution in [0.15, 0.2) is 77.6 Å². The van der Waals surface area contributed by atoms with Gasteiger partial charge in [0.05, 0.1) is 16.5 Å². The number of para-hydroxylation sites is 1. The number of aromatic amines is 1. The normalized spacial score (nSPS) is 12.5. The van der Waals surface area contributed by atoms with Gasteiger partial charge in [0.15, 0.2) is 5.43 Å². The molecule has 264 valence electrons. The highest BCUT2D eigenvalue weighted by Gasteiger charge is 2.32. The maximum absolute atomic E-state index is 13.7. The maximum Gasteiger partial charge on any atom is 0.261 e. The first-order valence-corrected chi connectivity index (χ1v) is 16.6. The number of carbonyl (C=O) groups excluding carboxylic acids is 3. The average Bonchev–Trinajstić information content (AvgIpc) is 3.08. The van der Waals surface area contributed by atoms with Crippen molar-refractivity contribution in [3.8, 4) is 0 Å². The Hall–Kier alpha value is -4.48. The van der Waals surface area contributed by atoms with E-state index in [4.69, 9.17) is 0 Å². The fourth-order valence-electron chi connectivity index (χ4n) is 6.52. The highest BCUT2D eigenvalue weighted by atomic mass is 35.5. The largest absolute Gasteiger partial charge is 0.384 e. The van der Waals surface area contributed by atoms with Crippen LogP contribution in [0.4, 0.5) is 5.69 Å². The number of anilines is 1. The van der Waals surface area contributed by atoms with Crippen LogP contribution in [0, 0.1) is 0 Å². The zero-order chi connectivity index (χ0) is 33.8. The van der Waals surface area contributed by atoms with Crippen LogP contribution in [-0.4, -0.2) is 97.8 Å². The van der Waals surface area contributed by atoms with E-state index in [1.165, 1.54) is 4.90 Å². The van der Waals surface area contributed by atoms with Gasteiger partial charge in [0, 0.05) is 52.7 Å². The van der Waals surface area contributed by atoms with Crippen molar-refractivity contribution in [2.45, 2.75) is 19.3 Å². The summed E-state index contributed by atoms with van der Waals surface area (Å²) in [7, 11) is 6.02. The fraction of sp³-hybridized carbons (Fsp3) is 0.316. The van der Waals surface area contributed by atoms with E-state index in [2.05, 4.69) is 25.4 Å². The van der Waals surface area contributed by atoms with Gasteiger partial charge in [0.25, 0.3) is 17.7 Å². The van der Waals surface area contributed by atoms with Gasteiger partial charge in [0.2, 0.25) is 0 Å². The Labute approximate surface area is 304 Å². The molecule has 0 spiro atoms. The lowest BCUT2D eigenvalue weighted by Gasteiger charge is -2.28. The number of amides is 3. The molecule has 6 rings (SSSR count). The molecule has 0 atom stereocenters. The van der Waals surface area contributed by atoms with Gasteiger partial charge in [-0.15, -0.1) is 24.8 Å². The second-order valence-corrected chi connectivity index (χ2v) is 12.7. The molecule has 3 N–H and O–H groups in total. The van der Waals surface area contributed by atoms with E-state index in [0.717, 1.165) is 43.2 Å². The molecule has 0 aliphatic carbocycles. The maximum atomic E-state index is 13.7. The van der Waals surface area contributed by atoms with E-state index in [1.807, 2.05) is 69.7 Å². The smallest absolute Gasteiger partial charge is 0.261 e. The lowest BCUT2D eigenvalue weighted by Crippen LogP contribution is -2.41. The molecule has 0 radical (unpaired) electrons. The first-order valence-electron chi connectivity index (χ1n) is 16.6. The van der Waals surface area contributed by atoms with Crippen molar-refractivity contribution in [3.05, 3.63) is 99.7 Å². The Morgan fingerprint density at radius 2 is 1.40 bits per heavy atom. The van der Waals surface area contributed by atoms with Crippen molar-refractivity contribution in [1.82, 2.24) is 25.0 Å². The molecule has 0 unspecified atom stereocenters. The van der Waals surface area contributed by atoms with Crippen LogP contribution in [0.5, 0.6) is 0 Å². The predicted molar refractivity (Wildman–Crippen MR) is 207 cm³/mol. The Morgan fingerprint density at radius 3 is 2.10 bits per heavy atom. The molecule has 0 fully saturated rings. The number of halogens is 2. The van der Waals surface area contributed by atoms with E-state index >= 15 is 0 Å². The molecule has 0 saturated heterocycles. The summed E-state index contributed by atoms with van der Waals surface area (Å²) in [5, 5.41) is 9.12. The predicted octanol–water partition coefficient (Wildman–Crippen LogP) is 5.78. The molecule has 0 saturated carbocycles. The lowest BCUT2D eigenvalue weighted by atomic mass is 9.94. The van der Waals surface area contributed by atoms with Gasteiger partial charge in [-0.3, -0.25) is 24.1 Å². The highest BCUT2D eigenvalue weighted by Crippen LogP contribution is 2.30. The van der Waals surface area contributed by atoms with E-state index < -0.39 is 0 Å². The van der Waals surface area contributed by atoms with Gasteiger partial charge in [-0.1, -0.05) is 36.4 Å². The van der Waals surface area contributed by atoms with E-state index in [-0.39, 0.29) is 48.0 Å². The van der Waals surface area contributed by atoms with E-state index in [1.54, 1.807) is 24.3 Å². The second-order valence-electron chi connectivity index (χ2n) is 12.7. The summed E-state index contributed by atoms with van der Waals surface area (Å²) in [4.78, 5) is 62.3. The van der Waals surface area contributed by atoms with Crippen LogP contribution in [0.3, 0.4) is 0 Å². The van der Waals surface area contributed by atoms with Crippen molar-refractivity contribution < 1.29 is 14.4 Å². The summed E-state index contributed by atoms with van der Waals surface area (Å²) in [6.07, 6.45) is 2.28. The van der Waals surface area contributed by atoms with Crippen LogP contribution < -0.4 is 16.1 Å². The van der Waals surface area contributed by atoms with Crippen LogP contribution in [-0.2, 0) is 0 Å². The quantitative estimate of drug-likeness (QED) is 0.0757. The first-order chi connectivity index (χ1) is 23.2. The number of pyridine rings is 1. The zero-order valence-corrected chi connectivity index (χ0v) is 30.2. The molecule has 5 aromatic rings. The summed E-state index contributed by atoms with van der Waals surface area (Å²) in [6, 6.07) is 22.1. The number of imide groups is 1. The standard InChI is InChI=1S/C38H42N6O4.2ClH/c1-42(2)21-8-20-40-36(46)29-17-18-31(33-34(29)41-30-16-5-4-13-26(30)35(33)45)39-19-9-22-43(3)23-10-24-44-37(47)27-14-6-11-25-12-7-15-28(32(25)27)38(44)48;;/h4-7,11-18,39H,8-10,19-24H2,1-3H3,(H,40,46)(H,41,45);2*1H. The van der Waals surface area contributed by atoms with Crippen molar-refractivity contribution >= 4 is 80.8 Å². The molecule has 50 heavy (non-hydrogen) atoms. The van der Waals surface area contributed by atoms with Gasteiger partial charge in [-0.2, -0.15) is 0 Å². The number of aromatic nitrogens is 1. The van der Waals surface area contributed by atoms with Crippen LogP contribution in [0.2, 0.25) is 0 Å². The number of hydrogen-bond donors (Lipinski definition) is 3. The first kappa shape index (κ1) is 38.3. The molecule has 1 aromatic heterocycles. The summed E-state index contributed by atoms with van der Waals surface area (Å²) in [5.74, 6) is -0.690. The van der Waals surface area contributed by atoms with Gasteiger partial charge in [-0.05, 0) is 102 Å². The molecule has 4 aromatic carbocycles. The minimum absolute atomic E-state index is 0. The number of nitrogens with one attached hydrogen (secondary N) is 3. The van der Waals surface area contributed by atoms with Crippen molar-refractivity contribution in [2.24, 2.45) is 0 Å². The molecule has 2 heterocycles. The monoisotopic (exact) mass is 718 g/mol. The average molecular weight is 720 g/mol. The topological polar surface area (TPSA) is 118 Å². The fourth-order valence-corrected chi connectivity index (χ4v) is 6.52. The Balaban J connectivity index is 0.00000281. The molecular weight excluding hydrogens is 675 g/mol. The zero-order valence-electron chi connectivity index (χ0n) is 28.6. The molecule has 0 bridgehead atoms. The molecule has 1 aliphatic heterocycles. The number of benzene rings is 4. The van der Waals surface area contributed by atoms with Gasteiger partial charge >= 0.3 is 0 Å². The molecule has 12 heteroatoms. The van der Waals surface area contributed by atoms with Gasteiger partial charge in [0.1, 0.15) is 0 Å². The van der Waals surface area contributed by atoms with Crippen LogP contribution in [0.25, 0.3) is 32.6 Å². The number of H-pyrrole nitrogens is 1. The highest BCUT2D eigenvalue weighted by molar-refractivity contribution is 6.25. The van der Waals surface area contributed by atoms with Crippen LogP contribution in [0.1, 0.15) is 50.3 Å². The molecule has 10 nitrogen and oxygen atoms in total. The van der Waals surface area contributed by atoms with Crippen molar-refractivity contribution in [2.75, 3.05) is 65.7 Å². The number of hydrogen-bond acceptors (Lipinski definition) is 7. The van der Waals surface area contributed by atoms with Crippen molar-refractivity contribution in [3.63, 3.8) is 0 Å².